The summed E-state index contributed by atoms with van der Waals surface area (Å²) >= 11 is 0. The van der Waals surface area contributed by atoms with Gasteiger partial charge in [-0.2, -0.15) is 9.57 Å². The van der Waals surface area contributed by atoms with Gasteiger partial charge in [0.1, 0.15) is 11.8 Å². The van der Waals surface area contributed by atoms with Crippen molar-refractivity contribution in [2.24, 2.45) is 11.8 Å². The molecule has 0 saturated carbocycles. The Labute approximate surface area is 169 Å². The molecule has 3 rings (SSSR count). The number of nitriles is 1. The molecule has 0 bridgehead atoms. The monoisotopic (exact) mass is 415 g/mol. The first kappa shape index (κ1) is 20.8. The number of hydrogen-bond donors (Lipinski definition) is 0. The zero-order valence-corrected chi connectivity index (χ0v) is 16.9. The normalized spacial score (nSPS) is 20.0. The first-order chi connectivity index (χ1) is 13.7. The zero-order chi connectivity index (χ0) is 21.2. The van der Waals surface area contributed by atoms with Gasteiger partial charge in [0, 0.05) is 19.2 Å². The summed E-state index contributed by atoms with van der Waals surface area (Å²) in [5.74, 6) is 0.464. The van der Waals surface area contributed by atoms with Crippen LogP contribution in [0, 0.1) is 33.3 Å². The predicted octanol–water partition coefficient (Wildman–Crippen LogP) is 3.93. The number of ether oxygens (including phenoxy) is 1. The summed E-state index contributed by atoms with van der Waals surface area (Å²) in [6.45, 7) is 4.75. The van der Waals surface area contributed by atoms with E-state index in [-0.39, 0.29) is 33.8 Å². The van der Waals surface area contributed by atoms with E-state index in [0.717, 1.165) is 12.5 Å². The smallest absolute Gasteiger partial charge is 0.312 e. The highest BCUT2D eigenvalue weighted by Crippen LogP contribution is 2.36. The van der Waals surface area contributed by atoms with Crippen molar-refractivity contribution in [3.05, 3.63) is 58.1 Å². The number of hydrogen-bond acceptors (Lipinski definition) is 6. The maximum atomic E-state index is 13.0. The maximum Gasteiger partial charge on any atom is 0.312 e. The van der Waals surface area contributed by atoms with Gasteiger partial charge in [0.25, 0.3) is 0 Å². The van der Waals surface area contributed by atoms with Crippen molar-refractivity contribution in [3.63, 3.8) is 0 Å². The molecule has 8 nitrogen and oxygen atoms in total. The minimum Gasteiger partial charge on any atom is -0.449 e. The lowest BCUT2D eigenvalue weighted by Gasteiger charge is -2.34. The average molecular weight is 415 g/mol. The first-order valence-electron chi connectivity index (χ1n) is 9.18. The van der Waals surface area contributed by atoms with Crippen LogP contribution in [0.3, 0.4) is 0 Å². The average Bonchev–Trinajstić information content (AvgIpc) is 2.67. The summed E-state index contributed by atoms with van der Waals surface area (Å²) in [5, 5.41) is 20.7. The van der Waals surface area contributed by atoms with Crippen LogP contribution in [0.2, 0.25) is 0 Å². The van der Waals surface area contributed by atoms with Gasteiger partial charge in [-0.05, 0) is 42.5 Å². The Morgan fingerprint density at radius 3 is 2.41 bits per heavy atom. The van der Waals surface area contributed by atoms with E-state index >= 15 is 0 Å². The van der Waals surface area contributed by atoms with Crippen LogP contribution in [0.4, 0.5) is 5.69 Å². The summed E-state index contributed by atoms with van der Waals surface area (Å²) in [4.78, 5) is 10.7. The molecule has 1 heterocycles. The first-order valence-corrected chi connectivity index (χ1v) is 10.6. The summed E-state index contributed by atoms with van der Waals surface area (Å²) in [6, 6.07) is 11.9. The van der Waals surface area contributed by atoms with E-state index in [4.69, 9.17) is 10.00 Å². The van der Waals surface area contributed by atoms with Crippen molar-refractivity contribution in [1.82, 2.24) is 4.31 Å². The molecule has 0 amide bonds. The Balaban J connectivity index is 1.98. The molecular weight excluding hydrogens is 394 g/mol. The molecule has 1 aliphatic rings. The second kappa shape index (κ2) is 8.19. The van der Waals surface area contributed by atoms with Gasteiger partial charge < -0.3 is 4.74 Å². The number of nitro benzene ring substituents is 1. The molecule has 2 atom stereocenters. The fraction of sp³-hybridized carbons (Fsp3) is 0.350. The summed E-state index contributed by atoms with van der Waals surface area (Å²) < 4.78 is 33.0. The number of nitrogens with zero attached hydrogens (tertiary/aromatic N) is 3. The van der Waals surface area contributed by atoms with Gasteiger partial charge in [-0.25, -0.2) is 8.42 Å². The van der Waals surface area contributed by atoms with Crippen molar-refractivity contribution in [1.29, 1.82) is 5.26 Å². The van der Waals surface area contributed by atoms with Gasteiger partial charge in [-0.1, -0.05) is 26.0 Å². The largest absolute Gasteiger partial charge is 0.449 e. The number of sulfonamides is 1. The number of rotatable bonds is 5. The van der Waals surface area contributed by atoms with Crippen LogP contribution in [0.5, 0.6) is 11.5 Å². The van der Waals surface area contributed by atoms with Crippen molar-refractivity contribution in [2.75, 3.05) is 13.1 Å². The molecule has 1 aliphatic heterocycles. The Morgan fingerprint density at radius 1 is 1.14 bits per heavy atom. The van der Waals surface area contributed by atoms with Crippen LogP contribution in [-0.2, 0) is 10.0 Å². The molecule has 0 aliphatic carbocycles. The second-order valence-corrected chi connectivity index (χ2v) is 9.30. The zero-order valence-electron chi connectivity index (χ0n) is 16.1. The van der Waals surface area contributed by atoms with Crippen LogP contribution < -0.4 is 4.74 Å². The van der Waals surface area contributed by atoms with E-state index in [1.807, 2.05) is 19.9 Å². The van der Waals surface area contributed by atoms with E-state index in [0.29, 0.717) is 13.1 Å². The lowest BCUT2D eigenvalue weighted by molar-refractivity contribution is -0.385. The summed E-state index contributed by atoms with van der Waals surface area (Å²) in [7, 11) is -3.87. The van der Waals surface area contributed by atoms with Crippen LogP contribution >= 0.6 is 0 Å². The van der Waals surface area contributed by atoms with Crippen LogP contribution in [0.15, 0.2) is 47.4 Å². The standard InChI is InChI=1S/C20H21N3O5S/c1-14-9-15(2)13-22(12-14)29(26,27)17-7-8-20(18(10-17)23(24)25)28-19-6-4-3-5-16(19)11-21/h3-8,10,14-15H,9,12-13H2,1-2H3/t14-,15+. The van der Waals surface area contributed by atoms with Crippen molar-refractivity contribution in [3.8, 4) is 17.6 Å². The van der Waals surface area contributed by atoms with Gasteiger partial charge >= 0.3 is 5.69 Å². The van der Waals surface area contributed by atoms with E-state index < -0.39 is 20.6 Å². The Hall–Kier alpha value is -2.96. The van der Waals surface area contributed by atoms with Gasteiger partial charge in [0.15, 0.2) is 0 Å². The Bertz CT molecular complexity index is 1070. The molecule has 2 aromatic rings. The molecule has 1 fully saturated rings. The third-order valence-corrected chi connectivity index (χ3v) is 6.66. The molecule has 1 saturated heterocycles. The molecule has 0 aromatic heterocycles. The topological polar surface area (TPSA) is 114 Å². The number of para-hydroxylation sites is 1. The van der Waals surface area contributed by atoms with Crippen molar-refractivity contribution in [2.45, 2.75) is 25.2 Å². The van der Waals surface area contributed by atoms with E-state index in [1.165, 1.54) is 28.6 Å². The molecule has 0 unspecified atom stereocenters. The molecule has 2 aromatic carbocycles. The lowest BCUT2D eigenvalue weighted by Crippen LogP contribution is -2.42. The molecule has 0 spiro atoms. The highest BCUT2D eigenvalue weighted by atomic mass is 32.2. The SMILES string of the molecule is C[C@@H]1C[C@H](C)CN(S(=O)(=O)c2ccc(Oc3ccccc3C#N)c([N+](=O)[O-])c2)C1. The van der Waals surface area contributed by atoms with E-state index in [9.17, 15) is 18.5 Å². The number of benzene rings is 2. The van der Waals surface area contributed by atoms with E-state index in [1.54, 1.807) is 12.1 Å². The quantitative estimate of drug-likeness (QED) is 0.540. The molecule has 9 heteroatoms. The third kappa shape index (κ3) is 4.39. The Morgan fingerprint density at radius 2 is 1.79 bits per heavy atom. The number of piperidine rings is 1. The van der Waals surface area contributed by atoms with Gasteiger partial charge in [0.2, 0.25) is 15.8 Å². The molecule has 29 heavy (non-hydrogen) atoms. The lowest BCUT2D eigenvalue weighted by atomic mass is 9.94. The third-order valence-electron chi connectivity index (χ3n) is 4.83. The fourth-order valence-corrected chi connectivity index (χ4v) is 5.30. The molecule has 0 N–H and O–H groups in total. The highest BCUT2D eigenvalue weighted by Gasteiger charge is 2.33. The van der Waals surface area contributed by atoms with Gasteiger partial charge in [-0.3, -0.25) is 10.1 Å². The molecule has 152 valence electrons. The minimum absolute atomic E-state index is 0.128. The summed E-state index contributed by atoms with van der Waals surface area (Å²) in [5.41, 5.74) is -0.258. The molecular formula is C20H21N3O5S. The second-order valence-electron chi connectivity index (χ2n) is 7.36. The van der Waals surface area contributed by atoms with Gasteiger partial charge in [0.05, 0.1) is 15.4 Å². The summed E-state index contributed by atoms with van der Waals surface area (Å²) in [6.07, 6.45) is 0.942. The number of nitro groups is 1. The van der Waals surface area contributed by atoms with Crippen molar-refractivity contribution >= 4 is 15.7 Å². The van der Waals surface area contributed by atoms with Crippen LogP contribution in [-0.4, -0.2) is 30.7 Å². The fourth-order valence-electron chi connectivity index (χ4n) is 3.60. The van der Waals surface area contributed by atoms with Gasteiger partial charge in [-0.15, -0.1) is 0 Å². The maximum absolute atomic E-state index is 13.0. The minimum atomic E-state index is -3.87. The van der Waals surface area contributed by atoms with Crippen molar-refractivity contribution < 1.29 is 18.1 Å². The Kier molecular flexibility index (Phi) is 5.86. The van der Waals surface area contributed by atoms with Crippen LogP contribution in [0.25, 0.3) is 0 Å². The van der Waals surface area contributed by atoms with Crippen LogP contribution in [0.1, 0.15) is 25.8 Å². The van der Waals surface area contributed by atoms with E-state index in [2.05, 4.69) is 0 Å². The molecule has 0 radical (unpaired) electrons. The highest BCUT2D eigenvalue weighted by molar-refractivity contribution is 7.89. The predicted molar refractivity (Wildman–Crippen MR) is 106 cm³/mol.